The van der Waals surface area contributed by atoms with Crippen LogP contribution in [-0.4, -0.2) is 9.79 Å². The summed E-state index contributed by atoms with van der Waals surface area (Å²) in [7, 11) is -3.13. The Hall–Kier alpha value is 0.150. The van der Waals surface area contributed by atoms with Crippen molar-refractivity contribution < 1.29 is 14.4 Å². The molecule has 1 aliphatic carbocycles. The van der Waals surface area contributed by atoms with Gasteiger partial charge in [-0.3, -0.25) is 4.57 Å². The predicted octanol–water partition coefficient (Wildman–Crippen LogP) is 2.44. The first-order valence-electron chi connectivity index (χ1n) is 4.70. The largest absolute Gasteiger partial charge is 0.326 e. The molecule has 0 bridgehead atoms. The van der Waals surface area contributed by atoms with Crippen LogP contribution in [-0.2, 0) is 4.57 Å². The Balaban J connectivity index is 0.000000310. The maximum atomic E-state index is 8.74. The van der Waals surface area contributed by atoms with Gasteiger partial charge in [-0.05, 0) is 30.1 Å². The van der Waals surface area contributed by atoms with Gasteiger partial charge in [0.05, 0.1) is 0 Å². The molecule has 0 saturated heterocycles. The third-order valence-corrected chi connectivity index (χ3v) is 3.57. The van der Waals surface area contributed by atoms with Gasteiger partial charge in [0.2, 0.25) is 0 Å². The molecule has 2 unspecified atom stereocenters. The Morgan fingerprint density at radius 1 is 1.15 bits per heavy atom. The van der Waals surface area contributed by atoms with E-state index in [9.17, 15) is 0 Å². The van der Waals surface area contributed by atoms with Crippen LogP contribution >= 0.6 is 8.25 Å². The number of hydrogen-bond acceptors (Lipinski definition) is 1. The Labute approximate surface area is 81.1 Å². The van der Waals surface area contributed by atoms with Crippen molar-refractivity contribution in [1.29, 1.82) is 0 Å². The highest BCUT2D eigenvalue weighted by Gasteiger charge is 2.37. The topological polar surface area (TPSA) is 57.5 Å². The van der Waals surface area contributed by atoms with E-state index in [0.717, 1.165) is 11.8 Å². The molecular formula is C9H21O3P. The molecule has 1 aliphatic rings. The molecule has 1 fully saturated rings. The molecule has 13 heavy (non-hydrogen) atoms. The molecule has 4 heteroatoms. The molecule has 80 valence electrons. The summed E-state index contributed by atoms with van der Waals surface area (Å²) in [6.07, 6.45) is 2.88. The minimum absolute atomic E-state index is 0.611. The second-order valence-electron chi connectivity index (χ2n) is 4.48. The van der Waals surface area contributed by atoms with E-state index < -0.39 is 8.25 Å². The van der Waals surface area contributed by atoms with E-state index in [4.69, 9.17) is 14.4 Å². The van der Waals surface area contributed by atoms with Gasteiger partial charge in [0.15, 0.2) is 0 Å². The van der Waals surface area contributed by atoms with E-state index >= 15 is 0 Å². The molecule has 3 nitrogen and oxygen atoms in total. The SMILES string of the molecule is CC1CCC(C)C1(C)C.O=[PH](O)O. The molecule has 0 aromatic carbocycles. The smallest absolute Gasteiger partial charge is 0.314 e. The van der Waals surface area contributed by atoms with Crippen LogP contribution in [0, 0.1) is 17.3 Å². The minimum Gasteiger partial charge on any atom is -0.326 e. The fraction of sp³-hybridized carbons (Fsp3) is 1.00. The molecule has 0 radical (unpaired) electrons. The van der Waals surface area contributed by atoms with Gasteiger partial charge in [0, 0.05) is 0 Å². The van der Waals surface area contributed by atoms with Crippen molar-refractivity contribution in [3.8, 4) is 0 Å². The van der Waals surface area contributed by atoms with Crippen molar-refractivity contribution in [1.82, 2.24) is 0 Å². The minimum atomic E-state index is -3.13. The lowest BCUT2D eigenvalue weighted by Crippen LogP contribution is -2.20. The molecule has 2 atom stereocenters. The monoisotopic (exact) mass is 208 g/mol. The van der Waals surface area contributed by atoms with Crippen molar-refractivity contribution in [3.05, 3.63) is 0 Å². The second-order valence-corrected chi connectivity index (χ2v) is 5.05. The fourth-order valence-electron chi connectivity index (χ4n) is 1.73. The normalized spacial score (nSPS) is 31.3. The van der Waals surface area contributed by atoms with Crippen molar-refractivity contribution in [3.63, 3.8) is 0 Å². The summed E-state index contributed by atoms with van der Waals surface area (Å²) in [6, 6.07) is 0. The van der Waals surface area contributed by atoms with Crippen LogP contribution in [0.3, 0.4) is 0 Å². The van der Waals surface area contributed by atoms with Gasteiger partial charge < -0.3 is 9.79 Å². The maximum absolute atomic E-state index is 8.74. The van der Waals surface area contributed by atoms with Crippen LogP contribution in [0.25, 0.3) is 0 Å². The van der Waals surface area contributed by atoms with E-state index in [1.54, 1.807) is 0 Å². The van der Waals surface area contributed by atoms with Crippen molar-refractivity contribution in [2.75, 3.05) is 0 Å². The van der Waals surface area contributed by atoms with Crippen LogP contribution in [0.5, 0.6) is 0 Å². The first-order chi connectivity index (χ1) is 5.78. The van der Waals surface area contributed by atoms with Crippen LogP contribution in [0.2, 0.25) is 0 Å². The van der Waals surface area contributed by atoms with E-state index in [1.807, 2.05) is 0 Å². The molecule has 0 aromatic heterocycles. The Bertz CT molecular complexity index is 164. The second kappa shape index (κ2) is 5.14. The summed E-state index contributed by atoms with van der Waals surface area (Å²) < 4.78 is 8.74. The lowest BCUT2D eigenvalue weighted by Gasteiger charge is -2.28. The molecule has 0 heterocycles. The molecule has 0 amide bonds. The lowest BCUT2D eigenvalue weighted by molar-refractivity contribution is 0.212. The molecule has 1 rings (SSSR count). The number of hydrogen-bond donors (Lipinski definition) is 2. The van der Waals surface area contributed by atoms with E-state index in [1.165, 1.54) is 12.8 Å². The summed E-state index contributed by atoms with van der Waals surface area (Å²) in [5, 5.41) is 0. The van der Waals surface area contributed by atoms with Gasteiger partial charge in [-0.15, -0.1) is 0 Å². The van der Waals surface area contributed by atoms with E-state index in [0.29, 0.717) is 5.41 Å². The summed E-state index contributed by atoms with van der Waals surface area (Å²) >= 11 is 0. The maximum Gasteiger partial charge on any atom is 0.314 e. The van der Waals surface area contributed by atoms with Crippen LogP contribution in [0.15, 0.2) is 0 Å². The zero-order valence-corrected chi connectivity index (χ0v) is 9.87. The fourth-order valence-corrected chi connectivity index (χ4v) is 1.73. The van der Waals surface area contributed by atoms with Crippen molar-refractivity contribution >= 4 is 8.25 Å². The van der Waals surface area contributed by atoms with Crippen molar-refractivity contribution in [2.45, 2.75) is 40.5 Å². The standard InChI is InChI=1S/C9H18.H3O3P/c1-7-5-6-8(2)9(7,3)4;1-4(2)3/h7-8H,5-6H2,1-4H3;4H,(H2,1,2,3). The first kappa shape index (κ1) is 13.2. The average Bonchev–Trinajstić information content (AvgIpc) is 2.15. The molecule has 0 aliphatic heterocycles. The number of rotatable bonds is 0. The van der Waals surface area contributed by atoms with Gasteiger partial charge in [-0.25, -0.2) is 0 Å². The molecule has 2 N–H and O–H groups in total. The summed E-state index contributed by atoms with van der Waals surface area (Å²) in [4.78, 5) is 14.3. The van der Waals surface area contributed by atoms with E-state index in [-0.39, 0.29) is 0 Å². The highest BCUT2D eigenvalue weighted by Crippen LogP contribution is 2.46. The predicted molar refractivity (Wildman–Crippen MR) is 54.8 cm³/mol. The van der Waals surface area contributed by atoms with E-state index in [2.05, 4.69) is 27.7 Å². The Morgan fingerprint density at radius 3 is 1.46 bits per heavy atom. The van der Waals surface area contributed by atoms with Gasteiger partial charge in [-0.1, -0.05) is 27.7 Å². The third-order valence-electron chi connectivity index (χ3n) is 3.57. The summed E-state index contributed by atoms with van der Waals surface area (Å²) in [5.41, 5.74) is 0.611. The summed E-state index contributed by atoms with van der Waals surface area (Å²) in [6.45, 7) is 9.55. The zero-order chi connectivity index (χ0) is 10.6. The molecule has 0 aromatic rings. The van der Waals surface area contributed by atoms with Crippen LogP contribution < -0.4 is 0 Å². The molecule has 1 saturated carbocycles. The van der Waals surface area contributed by atoms with Crippen molar-refractivity contribution in [2.24, 2.45) is 17.3 Å². The Morgan fingerprint density at radius 2 is 1.38 bits per heavy atom. The highest BCUT2D eigenvalue weighted by atomic mass is 31.1. The average molecular weight is 208 g/mol. The Kier molecular flexibility index (Phi) is 5.19. The van der Waals surface area contributed by atoms with Gasteiger partial charge in [0.25, 0.3) is 0 Å². The third kappa shape index (κ3) is 4.26. The first-order valence-corrected chi connectivity index (χ1v) is 6.00. The van der Waals surface area contributed by atoms with Gasteiger partial charge in [-0.2, -0.15) is 0 Å². The zero-order valence-electron chi connectivity index (χ0n) is 8.87. The quantitative estimate of drug-likeness (QED) is 0.601. The van der Waals surface area contributed by atoms with Gasteiger partial charge in [0.1, 0.15) is 0 Å². The molecule has 0 spiro atoms. The highest BCUT2D eigenvalue weighted by molar-refractivity contribution is 7.30. The van der Waals surface area contributed by atoms with Crippen LogP contribution in [0.4, 0.5) is 0 Å². The summed E-state index contributed by atoms with van der Waals surface area (Å²) in [5.74, 6) is 1.87. The van der Waals surface area contributed by atoms with Gasteiger partial charge >= 0.3 is 8.25 Å². The van der Waals surface area contributed by atoms with Crippen LogP contribution in [0.1, 0.15) is 40.5 Å². The molecular weight excluding hydrogens is 187 g/mol. The lowest BCUT2D eigenvalue weighted by atomic mass is 9.77.